The monoisotopic (exact) mass is 235 g/mol. The number of carbonyl (C=O) groups excluding carboxylic acids is 1. The zero-order chi connectivity index (χ0) is 12.4. The average molecular weight is 235 g/mol. The fraction of sp³-hybridized carbons (Fsp3) is 0.417. The number of amides is 1. The Labute approximate surface area is 100 Å². The Kier molecular flexibility index (Phi) is 3.19. The minimum atomic E-state index is 0.000256. The maximum atomic E-state index is 11.2. The van der Waals surface area contributed by atoms with E-state index in [9.17, 15) is 4.79 Å². The van der Waals surface area contributed by atoms with E-state index < -0.39 is 0 Å². The second-order valence-electron chi connectivity index (χ2n) is 4.49. The molecule has 1 aliphatic rings. The summed E-state index contributed by atoms with van der Waals surface area (Å²) in [6.07, 6.45) is 0.396. The summed E-state index contributed by atoms with van der Waals surface area (Å²) in [6, 6.07) is 3.67. The summed E-state index contributed by atoms with van der Waals surface area (Å²) >= 11 is 0. The number of hydrogen-bond acceptors (Lipinski definition) is 4. The van der Waals surface area contributed by atoms with Gasteiger partial charge in [-0.2, -0.15) is 0 Å². The predicted octanol–water partition coefficient (Wildman–Crippen LogP) is 0.804. The molecule has 5 heteroatoms. The van der Waals surface area contributed by atoms with Crippen LogP contribution in [0.25, 0.3) is 0 Å². The lowest BCUT2D eigenvalue weighted by atomic mass is 10.1. The van der Waals surface area contributed by atoms with E-state index in [2.05, 4.69) is 10.6 Å². The lowest BCUT2D eigenvalue weighted by Gasteiger charge is -2.14. The predicted molar refractivity (Wildman–Crippen MR) is 67.9 cm³/mol. The Morgan fingerprint density at radius 3 is 3.06 bits per heavy atom. The molecule has 17 heavy (non-hydrogen) atoms. The molecule has 5 nitrogen and oxygen atoms in total. The number of nitrogens with two attached hydrogens (primary N) is 1. The molecule has 0 bridgehead atoms. The van der Waals surface area contributed by atoms with Crippen LogP contribution in [0.3, 0.4) is 0 Å². The first-order valence-corrected chi connectivity index (χ1v) is 5.67. The number of benzene rings is 1. The lowest BCUT2D eigenvalue weighted by Crippen LogP contribution is -2.15. The first-order valence-electron chi connectivity index (χ1n) is 5.67. The van der Waals surface area contributed by atoms with Crippen LogP contribution in [0.2, 0.25) is 0 Å². The molecular weight excluding hydrogens is 218 g/mol. The van der Waals surface area contributed by atoms with E-state index in [1.54, 1.807) is 0 Å². The molecule has 0 saturated heterocycles. The molecule has 5 N–H and O–H groups in total. The van der Waals surface area contributed by atoms with Crippen LogP contribution in [0.15, 0.2) is 12.1 Å². The topological polar surface area (TPSA) is 87.4 Å². The van der Waals surface area contributed by atoms with E-state index in [4.69, 9.17) is 10.8 Å². The Morgan fingerprint density at radius 2 is 2.35 bits per heavy atom. The number of nitrogen functional groups attached to an aromatic ring is 1. The quantitative estimate of drug-likeness (QED) is 0.581. The Balaban J connectivity index is 2.14. The minimum Gasteiger partial charge on any atom is -0.397 e. The Bertz CT molecular complexity index is 446. The molecule has 2 rings (SSSR count). The minimum absolute atomic E-state index is 0.000256. The van der Waals surface area contributed by atoms with Crippen LogP contribution in [0.4, 0.5) is 17.1 Å². The average Bonchev–Trinajstić information content (AvgIpc) is 2.64. The van der Waals surface area contributed by atoms with Crippen LogP contribution in [0, 0.1) is 5.92 Å². The van der Waals surface area contributed by atoms with Crippen molar-refractivity contribution in [1.82, 2.24) is 0 Å². The van der Waals surface area contributed by atoms with Crippen LogP contribution in [0.1, 0.15) is 12.5 Å². The summed E-state index contributed by atoms with van der Waals surface area (Å²) in [7, 11) is 0. The zero-order valence-electron chi connectivity index (χ0n) is 9.79. The van der Waals surface area contributed by atoms with Crippen LogP contribution < -0.4 is 16.4 Å². The van der Waals surface area contributed by atoms with Crippen LogP contribution >= 0.6 is 0 Å². The summed E-state index contributed by atoms with van der Waals surface area (Å²) in [4.78, 5) is 11.2. The summed E-state index contributed by atoms with van der Waals surface area (Å²) in [5.74, 6) is 0.164. The second kappa shape index (κ2) is 4.63. The standard InChI is InChI=1S/C12H17N3O2/c1-7(6-16)5-14-11-4-10-8(2-9(11)13)3-12(17)15-10/h2,4,7,14,16H,3,5-6,13H2,1H3,(H,15,17). The number of carbonyl (C=O) groups is 1. The van der Waals surface area contributed by atoms with E-state index in [0.717, 1.165) is 16.9 Å². The van der Waals surface area contributed by atoms with Gasteiger partial charge in [-0.05, 0) is 23.6 Å². The van der Waals surface area contributed by atoms with E-state index in [1.165, 1.54) is 0 Å². The molecule has 92 valence electrons. The molecule has 1 unspecified atom stereocenters. The van der Waals surface area contributed by atoms with Crippen molar-refractivity contribution in [2.75, 3.05) is 29.5 Å². The van der Waals surface area contributed by atoms with E-state index in [0.29, 0.717) is 18.7 Å². The van der Waals surface area contributed by atoms with Gasteiger partial charge in [0.05, 0.1) is 17.8 Å². The molecule has 0 radical (unpaired) electrons. The number of aliphatic hydroxyl groups is 1. The molecule has 1 aromatic carbocycles. The van der Waals surface area contributed by atoms with Crippen molar-refractivity contribution < 1.29 is 9.90 Å². The largest absolute Gasteiger partial charge is 0.397 e. The highest BCUT2D eigenvalue weighted by atomic mass is 16.3. The molecule has 0 fully saturated rings. The third kappa shape index (κ3) is 2.50. The first-order chi connectivity index (χ1) is 8.10. The smallest absolute Gasteiger partial charge is 0.228 e. The van der Waals surface area contributed by atoms with Gasteiger partial charge in [0.1, 0.15) is 0 Å². The van der Waals surface area contributed by atoms with E-state index >= 15 is 0 Å². The molecule has 1 aromatic rings. The van der Waals surface area contributed by atoms with Gasteiger partial charge in [0.25, 0.3) is 0 Å². The van der Waals surface area contributed by atoms with Crippen molar-refractivity contribution in [1.29, 1.82) is 0 Å². The third-order valence-corrected chi connectivity index (χ3v) is 2.85. The SMILES string of the molecule is CC(CO)CNc1cc2c(cc1N)CC(=O)N2. The van der Waals surface area contributed by atoms with Gasteiger partial charge in [-0.25, -0.2) is 0 Å². The highest BCUT2D eigenvalue weighted by Crippen LogP contribution is 2.31. The normalized spacial score (nSPS) is 15.3. The molecule has 1 heterocycles. The van der Waals surface area contributed by atoms with Crippen molar-refractivity contribution in [3.63, 3.8) is 0 Å². The van der Waals surface area contributed by atoms with E-state index in [1.807, 2.05) is 19.1 Å². The summed E-state index contributed by atoms with van der Waals surface area (Å²) < 4.78 is 0. The van der Waals surface area contributed by atoms with Crippen molar-refractivity contribution in [2.24, 2.45) is 5.92 Å². The van der Waals surface area contributed by atoms with Gasteiger partial charge in [-0.15, -0.1) is 0 Å². The third-order valence-electron chi connectivity index (χ3n) is 2.85. The Morgan fingerprint density at radius 1 is 1.59 bits per heavy atom. The van der Waals surface area contributed by atoms with E-state index in [-0.39, 0.29) is 18.4 Å². The van der Waals surface area contributed by atoms with Gasteiger partial charge in [0.15, 0.2) is 0 Å². The van der Waals surface area contributed by atoms with Gasteiger partial charge >= 0.3 is 0 Å². The molecule has 0 aromatic heterocycles. The number of hydrogen-bond donors (Lipinski definition) is 4. The number of nitrogens with one attached hydrogen (secondary N) is 2. The van der Waals surface area contributed by atoms with Crippen LogP contribution in [0.5, 0.6) is 0 Å². The number of anilines is 3. The van der Waals surface area contributed by atoms with Gasteiger partial charge < -0.3 is 21.5 Å². The molecule has 0 spiro atoms. The maximum Gasteiger partial charge on any atom is 0.228 e. The first kappa shape index (κ1) is 11.7. The molecule has 1 atom stereocenters. The van der Waals surface area contributed by atoms with Gasteiger partial charge in [-0.1, -0.05) is 6.92 Å². The van der Waals surface area contributed by atoms with Crippen LogP contribution in [-0.2, 0) is 11.2 Å². The fourth-order valence-electron chi connectivity index (χ4n) is 1.80. The Hall–Kier alpha value is -1.75. The molecular formula is C12H17N3O2. The van der Waals surface area contributed by atoms with Crippen molar-refractivity contribution >= 4 is 23.0 Å². The summed E-state index contributed by atoms with van der Waals surface area (Å²) in [5.41, 5.74) is 9.09. The highest BCUT2D eigenvalue weighted by molar-refractivity contribution is 6.00. The van der Waals surface area contributed by atoms with Crippen molar-refractivity contribution in [3.05, 3.63) is 17.7 Å². The lowest BCUT2D eigenvalue weighted by molar-refractivity contribution is -0.115. The summed E-state index contributed by atoms with van der Waals surface area (Å²) in [6.45, 7) is 2.72. The molecule has 1 amide bonds. The van der Waals surface area contributed by atoms with Crippen LogP contribution in [-0.4, -0.2) is 24.2 Å². The van der Waals surface area contributed by atoms with Gasteiger partial charge in [0, 0.05) is 18.8 Å². The number of rotatable bonds is 4. The van der Waals surface area contributed by atoms with Crippen molar-refractivity contribution in [2.45, 2.75) is 13.3 Å². The maximum absolute atomic E-state index is 11.2. The highest BCUT2D eigenvalue weighted by Gasteiger charge is 2.19. The zero-order valence-corrected chi connectivity index (χ0v) is 9.79. The molecule has 0 aliphatic carbocycles. The van der Waals surface area contributed by atoms with Crippen molar-refractivity contribution in [3.8, 4) is 0 Å². The molecule has 1 aliphatic heterocycles. The summed E-state index contributed by atoms with van der Waals surface area (Å²) in [5, 5.41) is 14.9. The fourth-order valence-corrected chi connectivity index (χ4v) is 1.80. The van der Waals surface area contributed by atoms with Gasteiger partial charge in [0.2, 0.25) is 5.91 Å². The second-order valence-corrected chi connectivity index (χ2v) is 4.49. The number of aliphatic hydroxyl groups excluding tert-OH is 1. The molecule has 0 saturated carbocycles. The van der Waals surface area contributed by atoms with Gasteiger partial charge in [-0.3, -0.25) is 4.79 Å². The number of fused-ring (bicyclic) bond motifs is 1.